The van der Waals surface area contributed by atoms with Crippen LogP contribution in [-0.4, -0.2) is 45.9 Å². The van der Waals surface area contributed by atoms with E-state index in [0.717, 1.165) is 63.8 Å². The molecular formula is C18H28IN3O2. The Kier molecular flexibility index (Phi) is 7.16. The molecule has 5 nitrogen and oxygen atoms in total. The lowest BCUT2D eigenvalue weighted by molar-refractivity contribution is 0.0505. The smallest absolute Gasteiger partial charge is 0.191 e. The SMILES string of the molecule is COc1ccc(C)cc1C1(CNC2=NCCCN2)CCOCC1.I. The Bertz CT molecular complexity index is 571. The highest BCUT2D eigenvalue weighted by Gasteiger charge is 2.37. The molecule has 24 heavy (non-hydrogen) atoms. The van der Waals surface area contributed by atoms with Crippen molar-refractivity contribution in [2.24, 2.45) is 4.99 Å². The van der Waals surface area contributed by atoms with Gasteiger partial charge in [-0.1, -0.05) is 17.7 Å². The van der Waals surface area contributed by atoms with Gasteiger partial charge in [0.15, 0.2) is 5.96 Å². The van der Waals surface area contributed by atoms with Crippen molar-refractivity contribution in [2.75, 3.05) is 40.0 Å². The number of hydrogen-bond donors (Lipinski definition) is 2. The van der Waals surface area contributed by atoms with Crippen LogP contribution in [0.4, 0.5) is 0 Å². The lowest BCUT2D eigenvalue weighted by Crippen LogP contribution is -2.49. The van der Waals surface area contributed by atoms with Crippen LogP contribution in [0.1, 0.15) is 30.4 Å². The van der Waals surface area contributed by atoms with Crippen LogP contribution in [0, 0.1) is 6.92 Å². The monoisotopic (exact) mass is 445 g/mol. The zero-order valence-corrected chi connectivity index (χ0v) is 16.9. The van der Waals surface area contributed by atoms with E-state index in [0.29, 0.717) is 0 Å². The van der Waals surface area contributed by atoms with Gasteiger partial charge in [-0.3, -0.25) is 4.99 Å². The van der Waals surface area contributed by atoms with Gasteiger partial charge in [-0.15, -0.1) is 24.0 Å². The Hall–Kier alpha value is -1.02. The van der Waals surface area contributed by atoms with Crippen molar-refractivity contribution in [2.45, 2.75) is 31.6 Å². The van der Waals surface area contributed by atoms with Gasteiger partial charge in [-0.25, -0.2) is 0 Å². The van der Waals surface area contributed by atoms with Crippen molar-refractivity contribution >= 4 is 29.9 Å². The Morgan fingerprint density at radius 2 is 2.12 bits per heavy atom. The number of rotatable bonds is 4. The number of benzene rings is 1. The van der Waals surface area contributed by atoms with Crippen molar-refractivity contribution in [1.82, 2.24) is 10.6 Å². The van der Waals surface area contributed by atoms with Gasteiger partial charge in [0, 0.05) is 43.8 Å². The molecule has 0 unspecified atom stereocenters. The molecule has 0 aliphatic carbocycles. The number of guanidine groups is 1. The molecule has 1 fully saturated rings. The Balaban J connectivity index is 0.00000208. The molecule has 6 heteroatoms. The number of nitrogens with one attached hydrogen (secondary N) is 2. The van der Waals surface area contributed by atoms with E-state index in [-0.39, 0.29) is 29.4 Å². The van der Waals surface area contributed by atoms with Crippen LogP contribution >= 0.6 is 24.0 Å². The predicted octanol–water partition coefficient (Wildman–Crippen LogP) is 2.61. The highest BCUT2D eigenvalue weighted by Crippen LogP contribution is 2.40. The van der Waals surface area contributed by atoms with E-state index in [4.69, 9.17) is 9.47 Å². The highest BCUT2D eigenvalue weighted by molar-refractivity contribution is 14.0. The largest absolute Gasteiger partial charge is 0.496 e. The van der Waals surface area contributed by atoms with Gasteiger partial charge in [0.25, 0.3) is 0 Å². The molecule has 0 aromatic heterocycles. The molecule has 1 aromatic rings. The fraction of sp³-hybridized carbons (Fsp3) is 0.611. The third-order valence-electron chi connectivity index (χ3n) is 4.87. The molecule has 2 aliphatic rings. The highest BCUT2D eigenvalue weighted by atomic mass is 127. The summed E-state index contributed by atoms with van der Waals surface area (Å²) in [6.45, 7) is 6.46. The molecule has 2 N–H and O–H groups in total. The van der Waals surface area contributed by atoms with E-state index < -0.39 is 0 Å². The normalized spacial score (nSPS) is 19.5. The minimum absolute atomic E-state index is 0. The minimum Gasteiger partial charge on any atom is -0.496 e. The molecule has 0 atom stereocenters. The third-order valence-corrected chi connectivity index (χ3v) is 4.87. The van der Waals surface area contributed by atoms with Crippen LogP contribution in [0.5, 0.6) is 5.75 Å². The molecule has 2 aliphatic heterocycles. The number of hydrogen-bond acceptors (Lipinski definition) is 5. The van der Waals surface area contributed by atoms with Crippen molar-refractivity contribution < 1.29 is 9.47 Å². The Labute approximate surface area is 161 Å². The van der Waals surface area contributed by atoms with Crippen molar-refractivity contribution in [3.63, 3.8) is 0 Å². The standard InChI is InChI=1S/C18H27N3O2.HI/c1-14-4-5-16(22-2)15(12-14)18(6-10-23-11-7-18)13-21-17-19-8-3-9-20-17;/h4-5,12H,3,6-11,13H2,1-2H3,(H2,19,20,21);1H. The summed E-state index contributed by atoms with van der Waals surface area (Å²) in [6.07, 6.45) is 3.09. The van der Waals surface area contributed by atoms with E-state index >= 15 is 0 Å². The second-order valence-corrected chi connectivity index (χ2v) is 6.46. The quantitative estimate of drug-likeness (QED) is 0.700. The van der Waals surface area contributed by atoms with Crippen LogP contribution < -0.4 is 15.4 Å². The van der Waals surface area contributed by atoms with E-state index in [1.54, 1.807) is 7.11 Å². The van der Waals surface area contributed by atoms with Crippen LogP contribution in [-0.2, 0) is 10.2 Å². The predicted molar refractivity (Wildman–Crippen MR) is 108 cm³/mol. The Morgan fingerprint density at radius 1 is 1.33 bits per heavy atom. The second-order valence-electron chi connectivity index (χ2n) is 6.46. The first-order valence-corrected chi connectivity index (χ1v) is 8.49. The van der Waals surface area contributed by atoms with E-state index in [9.17, 15) is 0 Å². The molecule has 0 bridgehead atoms. The molecule has 0 saturated carbocycles. The van der Waals surface area contributed by atoms with Crippen LogP contribution in [0.15, 0.2) is 23.2 Å². The summed E-state index contributed by atoms with van der Waals surface area (Å²) in [5.74, 6) is 1.89. The van der Waals surface area contributed by atoms with Crippen LogP contribution in [0.25, 0.3) is 0 Å². The molecule has 1 saturated heterocycles. The number of aryl methyl sites for hydroxylation is 1. The van der Waals surface area contributed by atoms with Gasteiger partial charge < -0.3 is 20.1 Å². The van der Waals surface area contributed by atoms with Crippen molar-refractivity contribution in [3.8, 4) is 5.75 Å². The maximum Gasteiger partial charge on any atom is 0.191 e. The number of methoxy groups -OCH3 is 1. The van der Waals surface area contributed by atoms with Crippen LogP contribution in [0.3, 0.4) is 0 Å². The summed E-state index contributed by atoms with van der Waals surface area (Å²) in [6, 6.07) is 6.45. The van der Waals surface area contributed by atoms with Gasteiger partial charge in [0.2, 0.25) is 0 Å². The first kappa shape index (κ1) is 19.3. The van der Waals surface area contributed by atoms with Gasteiger partial charge >= 0.3 is 0 Å². The number of halogens is 1. The summed E-state index contributed by atoms with van der Waals surface area (Å²) < 4.78 is 11.3. The number of nitrogens with zero attached hydrogens (tertiary/aromatic N) is 1. The van der Waals surface area contributed by atoms with Gasteiger partial charge in [0.1, 0.15) is 5.75 Å². The third kappa shape index (κ3) is 4.33. The number of ether oxygens (including phenoxy) is 2. The van der Waals surface area contributed by atoms with Crippen molar-refractivity contribution in [3.05, 3.63) is 29.3 Å². The summed E-state index contributed by atoms with van der Waals surface area (Å²) in [4.78, 5) is 4.53. The fourth-order valence-corrected chi connectivity index (χ4v) is 3.44. The van der Waals surface area contributed by atoms with E-state index in [2.05, 4.69) is 40.7 Å². The maximum atomic E-state index is 5.66. The molecule has 2 heterocycles. The van der Waals surface area contributed by atoms with Gasteiger partial charge in [-0.05, 0) is 32.3 Å². The average Bonchev–Trinajstić information content (AvgIpc) is 2.62. The topological polar surface area (TPSA) is 54.9 Å². The maximum absolute atomic E-state index is 5.66. The molecule has 1 aromatic carbocycles. The molecule has 134 valence electrons. The number of aliphatic imine (C=N–C) groups is 1. The lowest BCUT2D eigenvalue weighted by Gasteiger charge is -2.39. The Morgan fingerprint density at radius 3 is 2.79 bits per heavy atom. The van der Waals surface area contributed by atoms with E-state index in [1.165, 1.54) is 11.1 Å². The van der Waals surface area contributed by atoms with E-state index in [1.807, 2.05) is 0 Å². The molecular weight excluding hydrogens is 417 g/mol. The first-order valence-electron chi connectivity index (χ1n) is 8.49. The molecule has 0 spiro atoms. The average molecular weight is 445 g/mol. The fourth-order valence-electron chi connectivity index (χ4n) is 3.44. The molecule has 3 rings (SSSR count). The van der Waals surface area contributed by atoms with Crippen molar-refractivity contribution in [1.29, 1.82) is 0 Å². The molecule has 0 amide bonds. The summed E-state index contributed by atoms with van der Waals surface area (Å²) in [7, 11) is 1.75. The minimum atomic E-state index is 0. The second kappa shape index (κ2) is 8.89. The van der Waals surface area contributed by atoms with Gasteiger partial charge in [-0.2, -0.15) is 0 Å². The zero-order chi connectivity index (χ0) is 16.1. The lowest BCUT2D eigenvalue weighted by atomic mass is 9.73. The summed E-state index contributed by atoms with van der Waals surface area (Å²) in [5.41, 5.74) is 2.57. The summed E-state index contributed by atoms with van der Waals surface area (Å²) in [5, 5.41) is 6.87. The first-order chi connectivity index (χ1) is 11.2. The van der Waals surface area contributed by atoms with Crippen LogP contribution in [0.2, 0.25) is 0 Å². The van der Waals surface area contributed by atoms with Gasteiger partial charge in [0.05, 0.1) is 7.11 Å². The summed E-state index contributed by atoms with van der Waals surface area (Å²) >= 11 is 0. The molecule has 0 radical (unpaired) electrons. The zero-order valence-electron chi connectivity index (χ0n) is 14.6.